The standard InChI is InChI=1S/C28H21F3N4O/c29-20-10-8-17(9-11-20)21(16-23(30)31)28(36)35-24-15-19(12-14-32-24)26-25(18-5-2-1-3-6-18)27-22(34-26)7-4-13-33-27/h1-15,21,23,34H,16H2,(H,32,35,36)/t21-/m0/s1. The number of carbonyl (C=O) groups excluding carboxylic acids is 1. The summed E-state index contributed by atoms with van der Waals surface area (Å²) in [5.41, 5.74) is 5.35. The van der Waals surface area contributed by atoms with Crippen LogP contribution in [0.1, 0.15) is 17.9 Å². The van der Waals surface area contributed by atoms with Crippen molar-refractivity contribution in [3.63, 3.8) is 0 Å². The molecular formula is C28H21F3N4O. The molecule has 2 N–H and O–H groups in total. The van der Waals surface area contributed by atoms with Gasteiger partial charge in [-0.05, 0) is 47.5 Å². The van der Waals surface area contributed by atoms with Crippen molar-refractivity contribution in [1.82, 2.24) is 15.0 Å². The number of benzene rings is 2. The Morgan fingerprint density at radius 3 is 2.42 bits per heavy atom. The number of carbonyl (C=O) groups is 1. The summed E-state index contributed by atoms with van der Waals surface area (Å²) in [7, 11) is 0. The number of anilines is 1. The van der Waals surface area contributed by atoms with E-state index in [2.05, 4.69) is 20.3 Å². The molecule has 0 bridgehead atoms. The fourth-order valence-corrected chi connectivity index (χ4v) is 4.26. The zero-order valence-corrected chi connectivity index (χ0v) is 19.0. The molecule has 0 saturated carbocycles. The fourth-order valence-electron chi connectivity index (χ4n) is 4.26. The van der Waals surface area contributed by atoms with E-state index in [1.807, 2.05) is 42.5 Å². The van der Waals surface area contributed by atoms with E-state index in [0.29, 0.717) is 5.56 Å². The molecule has 0 unspecified atom stereocenters. The van der Waals surface area contributed by atoms with Crippen LogP contribution in [-0.2, 0) is 4.79 Å². The zero-order chi connectivity index (χ0) is 25.1. The van der Waals surface area contributed by atoms with Crippen LogP contribution in [0, 0.1) is 5.82 Å². The number of nitrogens with zero attached hydrogens (tertiary/aromatic N) is 2. The molecule has 180 valence electrons. The van der Waals surface area contributed by atoms with Gasteiger partial charge in [0.05, 0.1) is 22.6 Å². The van der Waals surface area contributed by atoms with E-state index in [1.165, 1.54) is 12.1 Å². The lowest BCUT2D eigenvalue weighted by atomic mass is 9.95. The lowest BCUT2D eigenvalue weighted by Gasteiger charge is -2.17. The predicted molar refractivity (Wildman–Crippen MR) is 133 cm³/mol. The molecule has 2 aromatic carbocycles. The number of pyridine rings is 2. The molecule has 0 radical (unpaired) electrons. The Balaban J connectivity index is 1.50. The first-order chi connectivity index (χ1) is 17.5. The van der Waals surface area contributed by atoms with Gasteiger partial charge in [-0.1, -0.05) is 42.5 Å². The summed E-state index contributed by atoms with van der Waals surface area (Å²) in [6.07, 6.45) is -0.136. The van der Waals surface area contributed by atoms with E-state index in [-0.39, 0.29) is 5.82 Å². The van der Waals surface area contributed by atoms with E-state index in [4.69, 9.17) is 0 Å². The van der Waals surface area contributed by atoms with Crippen molar-refractivity contribution < 1.29 is 18.0 Å². The van der Waals surface area contributed by atoms with Gasteiger partial charge in [0.2, 0.25) is 12.3 Å². The molecule has 0 saturated heterocycles. The van der Waals surface area contributed by atoms with Crippen LogP contribution in [0.25, 0.3) is 33.4 Å². The third kappa shape index (κ3) is 4.84. The van der Waals surface area contributed by atoms with Crippen molar-refractivity contribution in [1.29, 1.82) is 0 Å². The average Bonchev–Trinajstić information content (AvgIpc) is 3.28. The van der Waals surface area contributed by atoms with Crippen molar-refractivity contribution in [2.45, 2.75) is 18.8 Å². The van der Waals surface area contributed by atoms with Gasteiger partial charge < -0.3 is 10.3 Å². The highest BCUT2D eigenvalue weighted by molar-refractivity contribution is 6.02. The van der Waals surface area contributed by atoms with Crippen LogP contribution in [0.3, 0.4) is 0 Å². The maximum absolute atomic E-state index is 13.3. The predicted octanol–water partition coefficient (Wildman–Crippen LogP) is 6.81. The Bertz CT molecular complexity index is 1500. The van der Waals surface area contributed by atoms with E-state index < -0.39 is 30.5 Å². The summed E-state index contributed by atoms with van der Waals surface area (Å²) in [4.78, 5) is 25.2. The molecule has 5 aromatic rings. The first-order valence-electron chi connectivity index (χ1n) is 11.3. The Hall–Kier alpha value is -4.46. The number of nitrogens with one attached hydrogen (secondary N) is 2. The van der Waals surface area contributed by atoms with Gasteiger partial charge in [-0.3, -0.25) is 9.78 Å². The summed E-state index contributed by atoms with van der Waals surface area (Å²) >= 11 is 0. The van der Waals surface area contributed by atoms with Gasteiger partial charge in [0.1, 0.15) is 11.6 Å². The van der Waals surface area contributed by atoms with Gasteiger partial charge in [-0.15, -0.1) is 0 Å². The Morgan fingerprint density at radius 1 is 0.889 bits per heavy atom. The average molecular weight is 486 g/mol. The molecule has 0 aliphatic heterocycles. The molecule has 0 aliphatic carbocycles. The molecule has 8 heteroatoms. The van der Waals surface area contributed by atoms with Crippen LogP contribution in [0.15, 0.2) is 91.3 Å². The Kier molecular flexibility index (Phi) is 6.49. The third-order valence-electron chi connectivity index (χ3n) is 5.92. The first-order valence-corrected chi connectivity index (χ1v) is 11.3. The normalized spacial score (nSPS) is 12.1. The van der Waals surface area contributed by atoms with Crippen molar-refractivity contribution in [3.05, 3.63) is 103 Å². The number of aromatic amines is 1. The summed E-state index contributed by atoms with van der Waals surface area (Å²) in [6.45, 7) is 0. The number of alkyl halides is 2. The van der Waals surface area contributed by atoms with Crippen molar-refractivity contribution in [2.24, 2.45) is 0 Å². The minimum atomic E-state index is -2.71. The minimum absolute atomic E-state index is 0.213. The fraction of sp³-hybridized carbons (Fsp3) is 0.107. The Morgan fingerprint density at radius 2 is 1.67 bits per heavy atom. The summed E-state index contributed by atoms with van der Waals surface area (Å²) in [5.74, 6) is -2.10. The van der Waals surface area contributed by atoms with E-state index in [9.17, 15) is 18.0 Å². The minimum Gasteiger partial charge on any atom is -0.353 e. The first kappa shape index (κ1) is 23.3. The number of fused-ring (bicyclic) bond motifs is 1. The number of halogens is 3. The highest BCUT2D eigenvalue weighted by Crippen LogP contribution is 2.37. The van der Waals surface area contributed by atoms with Crippen LogP contribution in [0.2, 0.25) is 0 Å². The quantitative estimate of drug-likeness (QED) is 0.266. The summed E-state index contributed by atoms with van der Waals surface area (Å²) in [5, 5.41) is 2.66. The number of H-pyrrole nitrogens is 1. The van der Waals surface area contributed by atoms with Crippen molar-refractivity contribution >= 4 is 22.8 Å². The van der Waals surface area contributed by atoms with Gasteiger partial charge in [0.15, 0.2) is 0 Å². The van der Waals surface area contributed by atoms with Crippen LogP contribution in [-0.4, -0.2) is 27.3 Å². The molecule has 5 rings (SSSR count). The Labute approximate surface area is 205 Å². The van der Waals surface area contributed by atoms with Crippen LogP contribution < -0.4 is 5.32 Å². The number of hydrogen-bond donors (Lipinski definition) is 2. The van der Waals surface area contributed by atoms with Crippen molar-refractivity contribution in [2.75, 3.05) is 5.32 Å². The molecule has 3 heterocycles. The lowest BCUT2D eigenvalue weighted by molar-refractivity contribution is -0.118. The van der Waals surface area contributed by atoms with E-state index >= 15 is 0 Å². The van der Waals surface area contributed by atoms with Gasteiger partial charge >= 0.3 is 0 Å². The molecule has 36 heavy (non-hydrogen) atoms. The smallest absolute Gasteiger partial charge is 0.239 e. The highest BCUT2D eigenvalue weighted by atomic mass is 19.3. The second kappa shape index (κ2) is 10.0. The number of amides is 1. The van der Waals surface area contributed by atoms with Crippen LogP contribution >= 0.6 is 0 Å². The molecule has 1 amide bonds. The molecule has 5 nitrogen and oxygen atoms in total. The molecule has 1 atom stereocenters. The zero-order valence-electron chi connectivity index (χ0n) is 19.0. The van der Waals surface area contributed by atoms with Gasteiger partial charge in [0.25, 0.3) is 0 Å². The monoisotopic (exact) mass is 486 g/mol. The molecule has 0 fully saturated rings. The van der Waals surface area contributed by atoms with Crippen LogP contribution in [0.4, 0.5) is 19.0 Å². The van der Waals surface area contributed by atoms with Crippen molar-refractivity contribution in [3.8, 4) is 22.4 Å². The maximum Gasteiger partial charge on any atom is 0.239 e. The second-order valence-electron chi connectivity index (χ2n) is 8.29. The second-order valence-corrected chi connectivity index (χ2v) is 8.29. The molecular weight excluding hydrogens is 465 g/mol. The van der Waals surface area contributed by atoms with Gasteiger partial charge in [-0.2, -0.15) is 0 Å². The summed E-state index contributed by atoms with van der Waals surface area (Å²) in [6, 6.07) is 22.0. The van der Waals surface area contributed by atoms with Gasteiger partial charge in [0, 0.05) is 29.9 Å². The van der Waals surface area contributed by atoms with E-state index in [0.717, 1.165) is 45.6 Å². The highest BCUT2D eigenvalue weighted by Gasteiger charge is 2.25. The summed E-state index contributed by atoms with van der Waals surface area (Å²) < 4.78 is 39.9. The maximum atomic E-state index is 13.3. The molecule has 0 aliphatic rings. The number of rotatable bonds is 7. The largest absolute Gasteiger partial charge is 0.353 e. The molecule has 3 aromatic heterocycles. The lowest BCUT2D eigenvalue weighted by Crippen LogP contribution is -2.23. The third-order valence-corrected chi connectivity index (χ3v) is 5.92. The van der Waals surface area contributed by atoms with Gasteiger partial charge in [-0.25, -0.2) is 18.2 Å². The van der Waals surface area contributed by atoms with E-state index in [1.54, 1.807) is 24.5 Å². The topological polar surface area (TPSA) is 70.7 Å². The molecule has 0 spiro atoms. The SMILES string of the molecule is O=C(Nc1cc(-c2[nH]c3cccnc3c2-c2ccccc2)ccn1)[C@@H](CC(F)F)c1ccc(F)cc1. The van der Waals surface area contributed by atoms with Crippen LogP contribution in [0.5, 0.6) is 0 Å². The number of hydrogen-bond acceptors (Lipinski definition) is 3. The number of aromatic nitrogens is 3.